The third-order valence-electron chi connectivity index (χ3n) is 3.32. The van der Waals surface area contributed by atoms with Gasteiger partial charge in [-0.1, -0.05) is 23.7 Å². The van der Waals surface area contributed by atoms with Crippen molar-refractivity contribution >= 4 is 44.8 Å². The van der Waals surface area contributed by atoms with Gasteiger partial charge in [-0.3, -0.25) is 14.5 Å². The van der Waals surface area contributed by atoms with Gasteiger partial charge in [0.05, 0.1) is 15.5 Å². The van der Waals surface area contributed by atoms with Crippen molar-refractivity contribution in [2.24, 2.45) is 0 Å². The minimum absolute atomic E-state index is 0.0370. The lowest BCUT2D eigenvalue weighted by Crippen LogP contribution is -2.37. The number of carbonyl (C=O) groups is 2. The van der Waals surface area contributed by atoms with Gasteiger partial charge >= 0.3 is 0 Å². The average Bonchev–Trinajstić information content (AvgIpc) is 3.06. The highest BCUT2D eigenvalue weighted by molar-refractivity contribution is 7.91. The van der Waals surface area contributed by atoms with E-state index >= 15 is 0 Å². The Morgan fingerprint density at radius 2 is 1.65 bits per heavy atom. The van der Waals surface area contributed by atoms with Gasteiger partial charge in [0.1, 0.15) is 4.21 Å². The number of nitrogens with one attached hydrogen (secondary N) is 1. The van der Waals surface area contributed by atoms with Crippen LogP contribution in [0.25, 0.3) is 0 Å². The molecule has 9 heteroatoms. The number of amides is 2. The van der Waals surface area contributed by atoms with Crippen LogP contribution in [0.5, 0.6) is 0 Å². The van der Waals surface area contributed by atoms with Crippen molar-refractivity contribution in [2.75, 3.05) is 13.1 Å². The first-order valence-electron chi connectivity index (χ1n) is 6.60. The molecule has 2 heterocycles. The summed E-state index contributed by atoms with van der Waals surface area (Å²) in [6.45, 7) is -0.103. The first kappa shape index (κ1) is 16.1. The summed E-state index contributed by atoms with van der Waals surface area (Å²) < 4.78 is 26.9. The lowest BCUT2D eigenvalue weighted by Gasteiger charge is -2.14. The lowest BCUT2D eigenvalue weighted by atomic mass is 10.1. The third-order valence-corrected chi connectivity index (χ3v) is 6.50. The third kappa shape index (κ3) is 3.02. The molecule has 1 aromatic heterocycles. The number of hydrogen-bond acceptors (Lipinski definition) is 5. The van der Waals surface area contributed by atoms with Gasteiger partial charge in [-0.15, -0.1) is 11.3 Å². The van der Waals surface area contributed by atoms with Crippen LogP contribution in [0.2, 0.25) is 4.34 Å². The monoisotopic (exact) mass is 370 g/mol. The smallest absolute Gasteiger partial charge is 0.261 e. The van der Waals surface area contributed by atoms with Crippen molar-refractivity contribution in [3.05, 3.63) is 51.9 Å². The molecule has 6 nitrogen and oxygen atoms in total. The molecule has 1 N–H and O–H groups in total. The molecule has 1 aliphatic heterocycles. The van der Waals surface area contributed by atoms with E-state index in [1.165, 1.54) is 12.1 Å². The van der Waals surface area contributed by atoms with Gasteiger partial charge in [0.25, 0.3) is 11.8 Å². The SMILES string of the molecule is O=C1c2ccccc2C(=O)N1CCNS(=O)(=O)c1ccc(Cl)s1. The first-order valence-corrected chi connectivity index (χ1v) is 9.28. The average molecular weight is 371 g/mol. The standard InChI is InChI=1S/C14H11ClN2O4S2/c15-11-5-6-12(22-11)23(20,21)16-7-8-17-13(18)9-3-1-2-4-10(9)14(17)19/h1-6,16H,7-8H2. The van der Waals surface area contributed by atoms with Crippen LogP contribution in [-0.2, 0) is 10.0 Å². The van der Waals surface area contributed by atoms with Crippen LogP contribution in [0, 0.1) is 0 Å². The van der Waals surface area contributed by atoms with Gasteiger partial charge in [0.15, 0.2) is 0 Å². The quantitative estimate of drug-likeness (QED) is 0.816. The summed E-state index contributed by atoms with van der Waals surface area (Å²) in [7, 11) is -3.70. The fourth-order valence-corrected chi connectivity index (χ4v) is 4.80. The summed E-state index contributed by atoms with van der Waals surface area (Å²) >= 11 is 6.66. The van der Waals surface area contributed by atoms with Crippen LogP contribution in [0.4, 0.5) is 0 Å². The topological polar surface area (TPSA) is 83.6 Å². The summed E-state index contributed by atoms with van der Waals surface area (Å²) in [5.74, 6) is -0.826. The van der Waals surface area contributed by atoms with Crippen molar-refractivity contribution in [2.45, 2.75) is 4.21 Å². The summed E-state index contributed by atoms with van der Waals surface area (Å²) in [6.07, 6.45) is 0. The summed E-state index contributed by atoms with van der Waals surface area (Å²) in [6, 6.07) is 9.40. The Balaban J connectivity index is 1.66. The summed E-state index contributed by atoms with van der Waals surface area (Å²) in [5.41, 5.74) is 0.677. The number of nitrogens with zero attached hydrogens (tertiary/aromatic N) is 1. The van der Waals surface area contributed by atoms with Crippen LogP contribution in [0.3, 0.4) is 0 Å². The number of sulfonamides is 1. The Labute approximate surface area is 141 Å². The molecule has 0 radical (unpaired) electrons. The predicted octanol–water partition coefficient (Wildman–Crippen LogP) is 1.98. The molecule has 0 saturated heterocycles. The van der Waals surface area contributed by atoms with E-state index in [4.69, 9.17) is 11.6 Å². The minimum Gasteiger partial charge on any atom is -0.273 e. The zero-order valence-electron chi connectivity index (χ0n) is 11.7. The molecule has 1 aromatic carbocycles. The molecule has 3 rings (SSSR count). The molecule has 120 valence electrons. The molecule has 23 heavy (non-hydrogen) atoms. The van der Waals surface area contributed by atoms with Gasteiger partial charge in [-0.25, -0.2) is 13.1 Å². The van der Waals surface area contributed by atoms with Gasteiger partial charge in [0, 0.05) is 13.1 Å². The molecule has 0 bridgehead atoms. The molecule has 2 aromatic rings. The molecular formula is C14H11ClN2O4S2. The van der Waals surface area contributed by atoms with E-state index < -0.39 is 21.8 Å². The predicted molar refractivity (Wildman–Crippen MR) is 86.3 cm³/mol. The van der Waals surface area contributed by atoms with Gasteiger partial charge in [-0.2, -0.15) is 0 Å². The van der Waals surface area contributed by atoms with Gasteiger partial charge in [0.2, 0.25) is 10.0 Å². The number of benzene rings is 1. The molecule has 2 amide bonds. The molecule has 1 aliphatic rings. The molecular weight excluding hydrogens is 360 g/mol. The Bertz CT molecular complexity index is 857. The summed E-state index contributed by atoms with van der Waals surface area (Å²) in [4.78, 5) is 25.3. The van der Waals surface area contributed by atoms with E-state index in [0.29, 0.717) is 15.5 Å². The van der Waals surface area contributed by atoms with E-state index in [9.17, 15) is 18.0 Å². The fourth-order valence-electron chi connectivity index (χ4n) is 2.25. The van der Waals surface area contributed by atoms with E-state index in [1.54, 1.807) is 24.3 Å². The van der Waals surface area contributed by atoms with Crippen molar-refractivity contribution < 1.29 is 18.0 Å². The maximum absolute atomic E-state index is 12.1. The van der Waals surface area contributed by atoms with E-state index in [-0.39, 0.29) is 17.3 Å². The second kappa shape index (κ2) is 6.04. The number of carbonyl (C=O) groups excluding carboxylic acids is 2. The highest BCUT2D eigenvalue weighted by atomic mass is 35.5. The highest BCUT2D eigenvalue weighted by Crippen LogP contribution is 2.25. The Kier molecular flexibility index (Phi) is 4.24. The minimum atomic E-state index is -3.70. The normalized spacial score (nSPS) is 14.4. The maximum atomic E-state index is 12.1. The van der Waals surface area contributed by atoms with E-state index in [2.05, 4.69) is 4.72 Å². The van der Waals surface area contributed by atoms with Gasteiger partial charge in [-0.05, 0) is 24.3 Å². The van der Waals surface area contributed by atoms with Crippen molar-refractivity contribution in [3.8, 4) is 0 Å². The second-order valence-corrected chi connectivity index (χ2v) is 8.47. The number of thiophene rings is 1. The fraction of sp³-hybridized carbons (Fsp3) is 0.143. The maximum Gasteiger partial charge on any atom is 0.261 e. The van der Waals surface area contributed by atoms with Crippen LogP contribution in [0.1, 0.15) is 20.7 Å². The molecule has 0 saturated carbocycles. The molecule has 0 unspecified atom stereocenters. The van der Waals surface area contributed by atoms with E-state index in [0.717, 1.165) is 16.2 Å². The summed E-state index contributed by atoms with van der Waals surface area (Å²) in [5, 5.41) is 0. The number of rotatable bonds is 5. The molecule has 0 fully saturated rings. The largest absolute Gasteiger partial charge is 0.273 e. The van der Waals surface area contributed by atoms with Crippen molar-refractivity contribution in [1.82, 2.24) is 9.62 Å². The zero-order chi connectivity index (χ0) is 16.6. The molecule has 0 aliphatic carbocycles. The lowest BCUT2D eigenvalue weighted by molar-refractivity contribution is 0.0657. The van der Waals surface area contributed by atoms with Crippen LogP contribution in [-0.4, -0.2) is 38.2 Å². The number of imide groups is 1. The van der Waals surface area contributed by atoms with Crippen LogP contribution in [0.15, 0.2) is 40.6 Å². The van der Waals surface area contributed by atoms with Crippen LogP contribution >= 0.6 is 22.9 Å². The van der Waals surface area contributed by atoms with Crippen LogP contribution < -0.4 is 4.72 Å². The number of fused-ring (bicyclic) bond motifs is 1. The highest BCUT2D eigenvalue weighted by Gasteiger charge is 2.34. The van der Waals surface area contributed by atoms with Crippen molar-refractivity contribution in [1.29, 1.82) is 0 Å². The van der Waals surface area contributed by atoms with Crippen molar-refractivity contribution in [3.63, 3.8) is 0 Å². The second-order valence-electron chi connectivity index (χ2n) is 4.76. The molecule has 0 spiro atoms. The zero-order valence-corrected chi connectivity index (χ0v) is 14.0. The Morgan fingerprint density at radius 3 is 2.17 bits per heavy atom. The molecule has 0 atom stereocenters. The Hall–Kier alpha value is -1.74. The van der Waals surface area contributed by atoms with Gasteiger partial charge < -0.3 is 0 Å². The first-order chi connectivity index (χ1) is 10.9. The Morgan fingerprint density at radius 1 is 1.04 bits per heavy atom. The number of halogens is 1. The number of hydrogen-bond donors (Lipinski definition) is 1. The van der Waals surface area contributed by atoms with E-state index in [1.807, 2.05) is 0 Å².